The van der Waals surface area contributed by atoms with E-state index in [9.17, 15) is 19.2 Å². The van der Waals surface area contributed by atoms with Crippen LogP contribution in [0.15, 0.2) is 10.5 Å². The summed E-state index contributed by atoms with van der Waals surface area (Å²) in [5.41, 5.74) is 4.62. The molecule has 14 nitrogen and oxygen atoms in total. The summed E-state index contributed by atoms with van der Waals surface area (Å²) in [6.45, 7) is 3.30. The number of carbonyl (C=O) groups excluding carboxylic acids is 4. The van der Waals surface area contributed by atoms with Crippen LogP contribution in [0.3, 0.4) is 0 Å². The third-order valence-electron chi connectivity index (χ3n) is 5.34. The van der Waals surface area contributed by atoms with Crippen molar-refractivity contribution in [1.29, 1.82) is 0 Å². The number of thioether (sulfide) groups is 1. The number of thiazole rings is 1. The molecule has 0 spiro atoms. The van der Waals surface area contributed by atoms with Crippen LogP contribution in [-0.2, 0) is 38.2 Å². The topological polar surface area (TPSA) is 181 Å². The average Bonchev–Trinajstić information content (AvgIpc) is 3.31. The van der Waals surface area contributed by atoms with Crippen molar-refractivity contribution in [3.8, 4) is 0 Å². The summed E-state index contributed by atoms with van der Waals surface area (Å²) >= 11 is 2.43. The smallest absolute Gasteiger partial charge is 0.434 e. The number of amides is 2. The van der Waals surface area contributed by atoms with Crippen LogP contribution in [0.4, 0.5) is 9.93 Å². The molecule has 0 aromatic carbocycles. The van der Waals surface area contributed by atoms with Gasteiger partial charge in [0.05, 0.1) is 13.2 Å². The Labute approximate surface area is 221 Å². The van der Waals surface area contributed by atoms with Crippen molar-refractivity contribution in [2.45, 2.75) is 31.7 Å². The molecule has 1 aromatic heterocycles. The molecule has 2 amide bonds. The van der Waals surface area contributed by atoms with E-state index >= 15 is 0 Å². The SMILES string of the molecule is CCCOC(=O)OCOC(=O)C1(COC)CS[C@@H]2C(NC(=O)C(=NOCC)c3csc(N)n3)C(=O)N2C1. The average molecular weight is 560 g/mol. The Morgan fingerprint density at radius 2 is 2.08 bits per heavy atom. The van der Waals surface area contributed by atoms with Crippen LogP contribution in [0, 0.1) is 5.41 Å². The highest BCUT2D eigenvalue weighted by Gasteiger charge is 2.58. The normalized spacial score (nSPS) is 22.9. The van der Waals surface area contributed by atoms with Crippen LogP contribution in [-0.4, -0.2) is 97.0 Å². The van der Waals surface area contributed by atoms with Gasteiger partial charge in [-0.15, -0.1) is 23.1 Å². The van der Waals surface area contributed by atoms with Crippen molar-refractivity contribution in [3.05, 3.63) is 11.1 Å². The van der Waals surface area contributed by atoms with Gasteiger partial charge in [-0.2, -0.15) is 0 Å². The summed E-state index contributed by atoms with van der Waals surface area (Å²) in [4.78, 5) is 60.8. The van der Waals surface area contributed by atoms with Gasteiger partial charge in [0.15, 0.2) is 10.8 Å². The van der Waals surface area contributed by atoms with Gasteiger partial charge in [0.2, 0.25) is 12.7 Å². The lowest BCUT2D eigenvalue weighted by molar-refractivity contribution is -0.173. The van der Waals surface area contributed by atoms with E-state index in [4.69, 9.17) is 29.5 Å². The molecule has 2 aliphatic rings. The fraction of sp³-hybridized carbons (Fsp3) is 0.619. The predicted octanol–water partition coefficient (Wildman–Crippen LogP) is 0.563. The highest BCUT2D eigenvalue weighted by atomic mass is 32.2. The third-order valence-corrected chi connectivity index (χ3v) is 7.60. The van der Waals surface area contributed by atoms with Crippen LogP contribution >= 0.6 is 23.1 Å². The Hall–Kier alpha value is -3.11. The fourth-order valence-electron chi connectivity index (χ4n) is 3.62. The van der Waals surface area contributed by atoms with Gasteiger partial charge in [-0.05, 0) is 13.3 Å². The number of hydrogen-bond donors (Lipinski definition) is 2. The Balaban J connectivity index is 1.61. The summed E-state index contributed by atoms with van der Waals surface area (Å²) in [6.07, 6.45) is -0.326. The standard InChI is InChI=1S/C21H29N5O9S2/c1-4-6-32-20(30)34-11-33-18(29)21(9-31-3)8-26-16(28)14(17(26)37-10-21)24-15(27)13(25-35-5-2)12-7-36-19(22)23-12/h7,14,17H,4-6,8-11H2,1-3H3,(H2,22,23)(H,24,27)/t14?,17-,21?/m1/s1. The maximum atomic E-state index is 12.9. The molecular formula is C21H29N5O9S2. The van der Waals surface area contributed by atoms with Crippen LogP contribution in [0.2, 0.25) is 0 Å². The number of carbonyl (C=O) groups is 4. The molecule has 0 bridgehead atoms. The molecule has 16 heteroatoms. The summed E-state index contributed by atoms with van der Waals surface area (Å²) in [5, 5.41) is 7.92. The highest BCUT2D eigenvalue weighted by molar-refractivity contribution is 8.00. The molecule has 3 N–H and O–H groups in total. The zero-order valence-electron chi connectivity index (χ0n) is 20.6. The van der Waals surface area contributed by atoms with Crippen LogP contribution in [0.25, 0.3) is 0 Å². The summed E-state index contributed by atoms with van der Waals surface area (Å²) < 4.78 is 19.9. The number of esters is 1. The van der Waals surface area contributed by atoms with E-state index in [1.165, 1.54) is 23.8 Å². The van der Waals surface area contributed by atoms with E-state index in [0.29, 0.717) is 6.42 Å². The van der Waals surface area contributed by atoms with Crippen molar-refractivity contribution in [3.63, 3.8) is 0 Å². The first-order chi connectivity index (χ1) is 17.8. The third kappa shape index (κ3) is 6.61. The van der Waals surface area contributed by atoms with E-state index in [1.54, 1.807) is 12.3 Å². The number of nitrogens with zero attached hydrogens (tertiary/aromatic N) is 3. The van der Waals surface area contributed by atoms with Gasteiger partial charge in [-0.25, -0.2) is 9.78 Å². The van der Waals surface area contributed by atoms with Crippen molar-refractivity contribution in [2.24, 2.45) is 10.6 Å². The molecule has 2 saturated heterocycles. The van der Waals surface area contributed by atoms with E-state index in [1.807, 2.05) is 6.92 Å². The van der Waals surface area contributed by atoms with E-state index in [0.717, 1.165) is 11.3 Å². The van der Waals surface area contributed by atoms with Gasteiger partial charge >= 0.3 is 12.1 Å². The van der Waals surface area contributed by atoms with Gasteiger partial charge < -0.3 is 39.7 Å². The molecule has 1 aromatic rings. The second kappa shape index (κ2) is 12.9. The first-order valence-corrected chi connectivity index (χ1v) is 13.3. The minimum Gasteiger partial charge on any atom is -0.434 e. The lowest BCUT2D eigenvalue weighted by atomic mass is 9.88. The lowest BCUT2D eigenvalue weighted by Crippen LogP contribution is -2.74. The second-order valence-corrected chi connectivity index (χ2v) is 10.0. The molecule has 2 aliphatic heterocycles. The minimum absolute atomic E-state index is 0.00529. The zero-order valence-corrected chi connectivity index (χ0v) is 22.2. The van der Waals surface area contributed by atoms with Crippen LogP contribution < -0.4 is 11.1 Å². The maximum absolute atomic E-state index is 12.9. The highest BCUT2D eigenvalue weighted by Crippen LogP contribution is 2.43. The molecule has 204 valence electrons. The van der Waals surface area contributed by atoms with Gasteiger partial charge in [0, 0.05) is 24.8 Å². The number of oxime groups is 1. The first-order valence-electron chi connectivity index (χ1n) is 11.4. The first kappa shape index (κ1) is 28.5. The Kier molecular flexibility index (Phi) is 9.93. The summed E-state index contributed by atoms with van der Waals surface area (Å²) in [7, 11) is 1.43. The molecular weight excluding hydrogens is 530 g/mol. The molecule has 2 unspecified atom stereocenters. The van der Waals surface area contributed by atoms with Crippen molar-refractivity contribution in [1.82, 2.24) is 15.2 Å². The van der Waals surface area contributed by atoms with Gasteiger partial charge in [0.1, 0.15) is 29.1 Å². The number of nitrogen functional groups attached to an aromatic ring is 1. The molecule has 0 aliphatic carbocycles. The number of fused-ring (bicyclic) bond motifs is 1. The van der Waals surface area contributed by atoms with Crippen molar-refractivity contribution in [2.75, 3.05) is 51.8 Å². The predicted molar refractivity (Wildman–Crippen MR) is 133 cm³/mol. The van der Waals surface area contributed by atoms with Gasteiger partial charge in [-0.1, -0.05) is 12.1 Å². The van der Waals surface area contributed by atoms with E-state index in [-0.39, 0.29) is 54.6 Å². The number of nitrogens with two attached hydrogens (primary N) is 1. The number of anilines is 1. The molecule has 0 radical (unpaired) electrons. The van der Waals surface area contributed by atoms with Crippen LogP contribution in [0.1, 0.15) is 26.0 Å². The van der Waals surface area contributed by atoms with Gasteiger partial charge in [0.25, 0.3) is 5.91 Å². The number of ether oxygens (including phenoxy) is 4. The molecule has 3 rings (SSSR count). The number of β-lactam (4-membered cyclic amide) rings is 1. The second-order valence-electron chi connectivity index (χ2n) is 8.05. The van der Waals surface area contributed by atoms with Crippen molar-refractivity contribution < 1.29 is 43.0 Å². The van der Waals surface area contributed by atoms with E-state index < -0.39 is 41.7 Å². The minimum atomic E-state index is -1.18. The van der Waals surface area contributed by atoms with Crippen molar-refractivity contribution >= 4 is 57.9 Å². The maximum Gasteiger partial charge on any atom is 0.511 e. The number of methoxy groups -OCH3 is 1. The molecule has 2 fully saturated rings. The fourth-order valence-corrected chi connectivity index (χ4v) is 5.69. The number of rotatable bonds is 12. The molecule has 3 atom stereocenters. The number of hydrogen-bond acceptors (Lipinski definition) is 14. The summed E-state index contributed by atoms with van der Waals surface area (Å²) in [5.74, 6) is -1.47. The lowest BCUT2D eigenvalue weighted by Gasteiger charge is -2.53. The summed E-state index contributed by atoms with van der Waals surface area (Å²) in [6, 6.07) is -0.839. The quantitative estimate of drug-likeness (QED) is 0.120. The Morgan fingerprint density at radius 3 is 2.73 bits per heavy atom. The molecule has 37 heavy (non-hydrogen) atoms. The largest absolute Gasteiger partial charge is 0.511 e. The molecule has 3 heterocycles. The monoisotopic (exact) mass is 559 g/mol. The zero-order chi connectivity index (χ0) is 27.0. The number of aromatic nitrogens is 1. The molecule has 0 saturated carbocycles. The number of nitrogens with one attached hydrogen (secondary N) is 1. The Morgan fingerprint density at radius 1 is 1.30 bits per heavy atom. The van der Waals surface area contributed by atoms with Crippen LogP contribution in [0.5, 0.6) is 0 Å². The van der Waals surface area contributed by atoms with Gasteiger partial charge in [-0.3, -0.25) is 14.4 Å². The van der Waals surface area contributed by atoms with E-state index in [2.05, 4.69) is 15.5 Å². The Bertz CT molecular complexity index is 1040.